The molecule has 300 valence electrons. The summed E-state index contributed by atoms with van der Waals surface area (Å²) in [6.45, 7) is 1.82. The van der Waals surface area contributed by atoms with Gasteiger partial charge in [0.2, 0.25) is 6.41 Å². The van der Waals surface area contributed by atoms with Gasteiger partial charge in [0.15, 0.2) is 0 Å². The fourth-order valence-corrected chi connectivity index (χ4v) is 4.18. The van der Waals surface area contributed by atoms with Crippen molar-refractivity contribution in [1.82, 2.24) is 39.7 Å². The number of aromatic amines is 1. The molecule has 0 unspecified atom stereocenters. The van der Waals surface area contributed by atoms with Gasteiger partial charge in [-0.05, 0) is 121 Å². The van der Waals surface area contributed by atoms with Crippen LogP contribution < -0.4 is 5.56 Å². The molecule has 0 saturated carbocycles. The number of nitrogens with zero attached hydrogens (tertiary/aromatic N) is 9. The smallest absolute Gasteiger partial charge is 0.339 e. The molecule has 0 fully saturated rings. The molecule has 0 aliphatic carbocycles. The Morgan fingerprint density at radius 3 is 1.72 bits per heavy atom. The zero-order valence-corrected chi connectivity index (χ0v) is 36.0. The van der Waals surface area contributed by atoms with Gasteiger partial charge in [-0.2, -0.15) is 10.5 Å². The van der Waals surface area contributed by atoms with E-state index < -0.39 is 5.20 Å². The molecule has 14 nitrogen and oxygen atoms in total. The van der Waals surface area contributed by atoms with Gasteiger partial charge < -0.3 is 19.4 Å². The first kappa shape index (κ1) is 50.0. The molecule has 0 bridgehead atoms. The summed E-state index contributed by atoms with van der Waals surface area (Å²) in [4.78, 5) is 37.5. The van der Waals surface area contributed by atoms with Crippen LogP contribution in [-0.2, 0) is 14.0 Å². The van der Waals surface area contributed by atoms with E-state index in [-0.39, 0.29) is 12.0 Å². The Bertz CT molecular complexity index is 2310. The average molecular weight is 875 g/mol. The molecule has 0 spiro atoms. The first-order chi connectivity index (χ1) is 27.1. The number of aryl methyl sites for hydroxylation is 1. The molecule has 0 aliphatic heterocycles. The fraction of sp³-hybridized carbons (Fsp3) is 0.211. The van der Waals surface area contributed by atoms with Crippen molar-refractivity contribution in [2.45, 2.75) is 13.3 Å². The summed E-state index contributed by atoms with van der Waals surface area (Å²) in [5, 5.41) is 16.0. The number of aromatic nitrogens is 6. The van der Waals surface area contributed by atoms with Crippen molar-refractivity contribution in [3.8, 4) is 12.1 Å². The lowest BCUT2D eigenvalue weighted by molar-refractivity contribution is -0.179. The van der Waals surface area contributed by atoms with Crippen molar-refractivity contribution in [2.24, 2.45) is 0 Å². The van der Waals surface area contributed by atoms with Gasteiger partial charge in [-0.15, -0.1) is 0 Å². The molecule has 0 radical (unpaired) electrons. The summed E-state index contributed by atoms with van der Waals surface area (Å²) in [5.41, 5.74) is 4.27. The number of fused-ring (bicyclic) bond motifs is 2. The topological polar surface area (TPSA) is 187 Å². The number of ether oxygens (including phenoxy) is 2. The number of pyridine rings is 6. The maximum atomic E-state index is 11.1. The summed E-state index contributed by atoms with van der Waals surface area (Å²) >= 11 is 19.7. The van der Waals surface area contributed by atoms with Crippen LogP contribution in [0.1, 0.15) is 22.5 Å². The van der Waals surface area contributed by atoms with E-state index in [1.807, 2.05) is 81.5 Å². The van der Waals surface area contributed by atoms with E-state index in [0.29, 0.717) is 27.4 Å². The third kappa shape index (κ3) is 21.2. The normalized spacial score (nSPS) is 10.2. The molecule has 1 N–H and O–H groups in total. The number of nitriles is 2. The predicted octanol–water partition coefficient (Wildman–Crippen LogP) is 8.89. The summed E-state index contributed by atoms with van der Waals surface area (Å²) in [7, 11) is 10.8. The minimum absolute atomic E-state index is 0.0874. The molecule has 0 atom stereocenters. The van der Waals surface area contributed by atoms with Crippen LogP contribution in [0.3, 0.4) is 0 Å². The molecule has 19 heteroatoms. The zero-order valence-electron chi connectivity index (χ0n) is 32.1. The Balaban J connectivity index is 0.000000349. The van der Waals surface area contributed by atoms with E-state index in [1.165, 1.54) is 0 Å². The van der Waals surface area contributed by atoms with Gasteiger partial charge in [-0.25, -0.2) is 4.98 Å². The minimum atomic E-state index is -3.22. The highest BCUT2D eigenvalue weighted by atomic mass is 36.0. The van der Waals surface area contributed by atoms with Crippen LogP contribution in [0.2, 0.25) is 5.15 Å². The molecule has 0 saturated heterocycles. The second-order valence-corrected chi connectivity index (χ2v) is 18.1. The van der Waals surface area contributed by atoms with Crippen molar-refractivity contribution in [1.29, 1.82) is 10.5 Å². The fourth-order valence-electron chi connectivity index (χ4n) is 3.97. The quantitative estimate of drug-likeness (QED) is 0.0984. The largest absolute Gasteiger partial charge is 0.383 e. The van der Waals surface area contributed by atoms with Crippen LogP contribution >= 0.6 is 50.5 Å². The number of H-pyrrole nitrogens is 1. The number of rotatable bonds is 5. The van der Waals surface area contributed by atoms with E-state index in [2.05, 4.69) is 69.7 Å². The Labute approximate surface area is 351 Å². The highest BCUT2D eigenvalue weighted by Gasteiger charge is 2.05. The first-order valence-corrected chi connectivity index (χ1v) is 21.1. The maximum absolute atomic E-state index is 11.1. The van der Waals surface area contributed by atoms with Crippen molar-refractivity contribution in [2.75, 3.05) is 42.4 Å². The number of halogens is 4. The summed E-state index contributed by atoms with van der Waals surface area (Å²) in [6, 6.07) is 22.0. The predicted molar refractivity (Wildman–Crippen MR) is 229 cm³/mol. The molecule has 57 heavy (non-hydrogen) atoms. The third-order valence-corrected chi connectivity index (χ3v) is 6.76. The van der Waals surface area contributed by atoms with E-state index in [0.717, 1.165) is 22.1 Å². The summed E-state index contributed by atoms with van der Waals surface area (Å²) in [6.07, 6.45) is 13.5. The first-order valence-electron chi connectivity index (χ1n) is 16.3. The Morgan fingerprint density at radius 1 is 0.754 bits per heavy atom. The monoisotopic (exact) mass is 872 g/mol. The van der Waals surface area contributed by atoms with Crippen molar-refractivity contribution < 1.29 is 14.0 Å². The van der Waals surface area contributed by atoms with Gasteiger partial charge in [0, 0.05) is 77.1 Å². The molecule has 6 rings (SSSR count). The Hall–Kier alpha value is -4.99. The lowest BCUT2D eigenvalue weighted by atomic mass is 10.2. The Kier molecular flexibility index (Phi) is 24.2. The SMILES string of the molecule is CN(C)/C=C\c1ncccc1C#N.COC(OC)N(C)C.Cc1ncccc1C#N.Clc1nccc2ncccc12.O=P(Cl)(Cl)Cl.O=c1[nH]ccc2ncccc12. The van der Waals surface area contributed by atoms with Crippen LogP contribution in [0.15, 0.2) is 109 Å². The van der Waals surface area contributed by atoms with Crippen LogP contribution in [0, 0.1) is 29.6 Å². The number of nitrogens with one attached hydrogen (secondary N) is 1. The van der Waals surface area contributed by atoms with E-state index in [1.54, 1.807) is 93.9 Å². The van der Waals surface area contributed by atoms with Crippen LogP contribution in [0.5, 0.6) is 0 Å². The average Bonchev–Trinajstić information content (AvgIpc) is 3.18. The minimum Gasteiger partial charge on any atom is -0.383 e. The van der Waals surface area contributed by atoms with Gasteiger partial charge >= 0.3 is 5.20 Å². The molecule has 0 amide bonds. The molecular weight excluding hydrogens is 833 g/mol. The van der Waals surface area contributed by atoms with Gasteiger partial charge in [-0.3, -0.25) is 34.2 Å². The van der Waals surface area contributed by atoms with Crippen molar-refractivity contribution in [3.63, 3.8) is 0 Å². The molecule has 6 heterocycles. The molecule has 6 aromatic rings. The highest BCUT2D eigenvalue weighted by Crippen LogP contribution is 2.61. The third-order valence-electron chi connectivity index (χ3n) is 6.46. The maximum Gasteiger partial charge on any atom is 0.339 e. The lowest BCUT2D eigenvalue weighted by Gasteiger charge is -2.19. The van der Waals surface area contributed by atoms with Gasteiger partial charge in [0.1, 0.15) is 17.3 Å². The number of hydrogen-bond acceptors (Lipinski definition) is 13. The lowest BCUT2D eigenvalue weighted by Crippen LogP contribution is -2.30. The highest BCUT2D eigenvalue weighted by molar-refractivity contribution is 8.24. The van der Waals surface area contributed by atoms with Gasteiger partial charge in [0.05, 0.1) is 38.9 Å². The summed E-state index contributed by atoms with van der Waals surface area (Å²) < 4.78 is 19.2. The Morgan fingerprint density at radius 2 is 1.26 bits per heavy atom. The van der Waals surface area contributed by atoms with Crippen LogP contribution in [0.25, 0.3) is 27.9 Å². The molecular formula is C38H41Cl4N10O4P. The molecule has 0 aromatic carbocycles. The van der Waals surface area contributed by atoms with Crippen LogP contribution in [0.4, 0.5) is 0 Å². The van der Waals surface area contributed by atoms with Crippen LogP contribution in [-0.4, -0.2) is 88.5 Å². The standard InChI is InChI=1S/C10H11N3.C8H5ClN2.C8H6N2O.C7H6N2.C5H13NO2.Cl3OP/c1-13(2)7-5-10-9(8-11)4-3-6-12-10;9-8-6-2-1-4-10-7(6)3-5-11-8;11-8-6-2-1-4-9-7(6)3-5-10-8;1-6-7(5-8)3-2-4-9-6;1-6(2)5(7-3)8-4;1-5(2,3)4/h3-7H,1-2H3;1-5H;1-5H,(H,10,11);2-4H,1H3;5H,1-4H3;/b7-5-;;;;;. The van der Waals surface area contributed by atoms with Gasteiger partial charge in [0.25, 0.3) is 5.56 Å². The van der Waals surface area contributed by atoms with Gasteiger partial charge in [-0.1, -0.05) is 11.6 Å². The second-order valence-electron chi connectivity index (χ2n) is 11.1. The molecule has 0 aliphatic rings. The summed E-state index contributed by atoms with van der Waals surface area (Å²) in [5.74, 6) is 0. The molecule has 6 aromatic heterocycles. The van der Waals surface area contributed by atoms with E-state index in [9.17, 15) is 9.36 Å². The number of methoxy groups -OCH3 is 2. The second kappa shape index (κ2) is 27.6. The van der Waals surface area contributed by atoms with Crippen molar-refractivity contribution in [3.05, 3.63) is 142 Å². The van der Waals surface area contributed by atoms with E-state index >= 15 is 0 Å². The number of hydrogen-bond donors (Lipinski definition) is 1. The zero-order chi connectivity index (χ0) is 42.8. The van der Waals surface area contributed by atoms with Crippen molar-refractivity contribution >= 4 is 78.4 Å². The van der Waals surface area contributed by atoms with E-state index in [4.69, 9.17) is 31.6 Å².